The lowest BCUT2D eigenvalue weighted by Crippen LogP contribution is -2.27. The van der Waals surface area contributed by atoms with Crippen LogP contribution in [0.1, 0.15) is 12.8 Å². The quantitative estimate of drug-likeness (QED) is 0.667. The number of amides is 1. The van der Waals surface area contributed by atoms with Gasteiger partial charge in [0.25, 0.3) is 5.91 Å². The molecule has 114 valence electrons. The van der Waals surface area contributed by atoms with Crippen molar-refractivity contribution < 1.29 is 19.1 Å². The van der Waals surface area contributed by atoms with Crippen LogP contribution in [0.4, 0.5) is 5.69 Å². The largest absolute Gasteiger partial charge is 0.454 e. The molecule has 0 bridgehead atoms. The number of hydrogen-bond acceptors (Lipinski definition) is 4. The van der Waals surface area contributed by atoms with Crippen LogP contribution in [0.25, 0.3) is 0 Å². The fraction of sp³-hybridized carbons (Fsp3) is 0.385. The van der Waals surface area contributed by atoms with Gasteiger partial charge in [-0.2, -0.15) is 0 Å². The summed E-state index contributed by atoms with van der Waals surface area (Å²) in [5.41, 5.74) is 0.296. The Morgan fingerprint density at radius 3 is 2.62 bits per heavy atom. The number of nitrogens with one attached hydrogen (secondary N) is 1. The second-order valence-electron chi connectivity index (χ2n) is 4.40. The van der Waals surface area contributed by atoms with E-state index in [9.17, 15) is 9.59 Å². The zero-order valence-electron chi connectivity index (χ0n) is 10.8. The van der Waals surface area contributed by atoms with Crippen molar-refractivity contribution >= 4 is 52.4 Å². The minimum absolute atomic E-state index is 0.239. The Labute approximate surface area is 136 Å². The molecule has 1 atom stereocenters. The molecule has 0 aliphatic carbocycles. The molecule has 0 aromatic heterocycles. The van der Waals surface area contributed by atoms with Crippen molar-refractivity contribution in [3.05, 3.63) is 27.2 Å². The summed E-state index contributed by atoms with van der Waals surface area (Å²) in [4.78, 5) is 23.3. The molecule has 1 saturated heterocycles. The first-order valence-electron chi connectivity index (χ1n) is 6.20. The molecule has 0 spiro atoms. The summed E-state index contributed by atoms with van der Waals surface area (Å²) in [6.07, 6.45) is 0.843. The Bertz CT molecular complexity index is 559. The lowest BCUT2D eigenvalue weighted by molar-refractivity contribution is -0.156. The van der Waals surface area contributed by atoms with Gasteiger partial charge in [0.05, 0.1) is 20.8 Å². The topological polar surface area (TPSA) is 64.6 Å². The van der Waals surface area contributed by atoms with Crippen LogP contribution in [-0.2, 0) is 19.1 Å². The summed E-state index contributed by atoms with van der Waals surface area (Å²) >= 11 is 17.6. The Morgan fingerprint density at radius 1 is 1.24 bits per heavy atom. The zero-order chi connectivity index (χ0) is 15.4. The standard InChI is InChI=1S/C13H12Cl3NO4/c14-7-4-9(16)10(5-8(7)15)17-12(18)6-21-13(19)11-2-1-3-20-11/h4-5,11H,1-3,6H2,(H,17,18)/t11-/m1/s1. The molecule has 1 aromatic rings. The molecule has 1 fully saturated rings. The van der Waals surface area contributed by atoms with Crippen LogP contribution in [0.5, 0.6) is 0 Å². The van der Waals surface area contributed by atoms with E-state index in [-0.39, 0.29) is 15.1 Å². The smallest absolute Gasteiger partial charge is 0.335 e. The van der Waals surface area contributed by atoms with Crippen LogP contribution in [0, 0.1) is 0 Å². The molecule has 5 nitrogen and oxygen atoms in total. The van der Waals surface area contributed by atoms with Crippen molar-refractivity contribution in [3.63, 3.8) is 0 Å². The molecule has 1 aromatic carbocycles. The van der Waals surface area contributed by atoms with Gasteiger partial charge in [0.1, 0.15) is 0 Å². The number of benzene rings is 1. The fourth-order valence-electron chi connectivity index (χ4n) is 1.80. The molecule has 1 amide bonds. The van der Waals surface area contributed by atoms with Crippen molar-refractivity contribution in [2.75, 3.05) is 18.5 Å². The first-order chi connectivity index (χ1) is 9.97. The van der Waals surface area contributed by atoms with Gasteiger partial charge in [0.2, 0.25) is 0 Å². The van der Waals surface area contributed by atoms with Crippen LogP contribution >= 0.6 is 34.8 Å². The Morgan fingerprint density at radius 2 is 1.95 bits per heavy atom. The highest BCUT2D eigenvalue weighted by molar-refractivity contribution is 6.44. The highest BCUT2D eigenvalue weighted by Crippen LogP contribution is 2.32. The second kappa shape index (κ2) is 7.31. The van der Waals surface area contributed by atoms with Gasteiger partial charge in [0.15, 0.2) is 12.7 Å². The molecular weight excluding hydrogens is 341 g/mol. The Kier molecular flexibility index (Phi) is 5.70. The molecule has 0 radical (unpaired) electrons. The molecule has 1 heterocycles. The van der Waals surface area contributed by atoms with Crippen molar-refractivity contribution in [2.45, 2.75) is 18.9 Å². The van der Waals surface area contributed by atoms with Crippen LogP contribution in [-0.4, -0.2) is 31.2 Å². The molecule has 1 aliphatic rings. The van der Waals surface area contributed by atoms with Crippen LogP contribution < -0.4 is 5.32 Å². The van der Waals surface area contributed by atoms with Gasteiger partial charge < -0.3 is 14.8 Å². The molecule has 1 N–H and O–H groups in total. The first-order valence-corrected chi connectivity index (χ1v) is 7.33. The summed E-state index contributed by atoms with van der Waals surface area (Å²) in [6, 6.07) is 2.84. The highest BCUT2D eigenvalue weighted by Gasteiger charge is 2.25. The van der Waals surface area contributed by atoms with E-state index in [0.29, 0.717) is 18.7 Å². The van der Waals surface area contributed by atoms with E-state index >= 15 is 0 Å². The number of ether oxygens (including phenoxy) is 2. The van der Waals surface area contributed by atoms with Gasteiger partial charge in [-0.1, -0.05) is 34.8 Å². The SMILES string of the molecule is O=C(COC(=O)[C@H]1CCCO1)Nc1cc(Cl)c(Cl)cc1Cl. The van der Waals surface area contributed by atoms with E-state index in [1.807, 2.05) is 0 Å². The third-order valence-electron chi connectivity index (χ3n) is 2.82. The molecule has 0 saturated carbocycles. The van der Waals surface area contributed by atoms with Gasteiger partial charge in [-0.3, -0.25) is 4.79 Å². The maximum Gasteiger partial charge on any atom is 0.335 e. The van der Waals surface area contributed by atoms with Gasteiger partial charge in [0, 0.05) is 6.61 Å². The summed E-state index contributed by atoms with van der Waals surface area (Å²) in [6.45, 7) is 0.111. The van der Waals surface area contributed by atoms with E-state index in [4.69, 9.17) is 44.3 Å². The maximum atomic E-state index is 11.7. The van der Waals surface area contributed by atoms with Gasteiger partial charge >= 0.3 is 5.97 Å². The summed E-state index contributed by atoms with van der Waals surface area (Å²) in [5, 5.41) is 3.27. The number of esters is 1. The average molecular weight is 353 g/mol. The van der Waals surface area contributed by atoms with Gasteiger partial charge in [-0.15, -0.1) is 0 Å². The van der Waals surface area contributed by atoms with Crippen molar-refractivity contribution in [2.24, 2.45) is 0 Å². The molecule has 0 unspecified atom stereocenters. The van der Waals surface area contributed by atoms with E-state index in [0.717, 1.165) is 6.42 Å². The van der Waals surface area contributed by atoms with Crippen LogP contribution in [0.15, 0.2) is 12.1 Å². The predicted molar refractivity (Wildman–Crippen MR) is 80.0 cm³/mol. The normalized spacial score (nSPS) is 17.6. The highest BCUT2D eigenvalue weighted by atomic mass is 35.5. The Balaban J connectivity index is 1.87. The second-order valence-corrected chi connectivity index (χ2v) is 5.63. The maximum absolute atomic E-state index is 11.7. The average Bonchev–Trinajstić information content (AvgIpc) is 2.96. The molecule has 8 heteroatoms. The molecular formula is C13H12Cl3NO4. The number of rotatable bonds is 4. The lowest BCUT2D eigenvalue weighted by Gasteiger charge is -2.11. The summed E-state index contributed by atoms with van der Waals surface area (Å²) < 4.78 is 10.0. The minimum atomic E-state index is -0.577. The third-order valence-corrected chi connectivity index (χ3v) is 3.86. The van der Waals surface area contributed by atoms with Gasteiger partial charge in [-0.25, -0.2) is 4.79 Å². The molecule has 2 rings (SSSR count). The van der Waals surface area contributed by atoms with Crippen LogP contribution in [0.3, 0.4) is 0 Å². The lowest BCUT2D eigenvalue weighted by atomic mass is 10.2. The fourth-order valence-corrected chi connectivity index (χ4v) is 2.39. The Hall–Kier alpha value is -1.01. The van der Waals surface area contributed by atoms with E-state index in [1.54, 1.807) is 0 Å². The van der Waals surface area contributed by atoms with Crippen molar-refractivity contribution in [1.29, 1.82) is 0 Å². The number of carbonyl (C=O) groups is 2. The summed E-state index contributed by atoms with van der Waals surface area (Å²) in [7, 11) is 0. The number of anilines is 1. The van der Waals surface area contributed by atoms with Crippen molar-refractivity contribution in [3.8, 4) is 0 Å². The zero-order valence-corrected chi connectivity index (χ0v) is 13.1. The third kappa shape index (κ3) is 4.48. The number of halogens is 3. The first kappa shape index (κ1) is 16.4. The van der Waals surface area contributed by atoms with Crippen molar-refractivity contribution in [1.82, 2.24) is 0 Å². The van der Waals surface area contributed by atoms with E-state index in [2.05, 4.69) is 5.32 Å². The van der Waals surface area contributed by atoms with E-state index < -0.39 is 24.6 Å². The number of hydrogen-bond donors (Lipinski definition) is 1. The molecule has 1 aliphatic heterocycles. The molecule has 21 heavy (non-hydrogen) atoms. The number of carbonyl (C=O) groups excluding carboxylic acids is 2. The van der Waals surface area contributed by atoms with Crippen LogP contribution in [0.2, 0.25) is 15.1 Å². The minimum Gasteiger partial charge on any atom is -0.454 e. The van der Waals surface area contributed by atoms with E-state index in [1.165, 1.54) is 12.1 Å². The van der Waals surface area contributed by atoms with Gasteiger partial charge in [-0.05, 0) is 25.0 Å². The monoisotopic (exact) mass is 351 g/mol. The summed E-state index contributed by atoms with van der Waals surface area (Å²) in [5.74, 6) is -1.07. The predicted octanol–water partition coefficient (Wildman–Crippen LogP) is 3.31.